The molecule has 0 saturated heterocycles. The number of aromatic nitrogens is 2. The number of pyridine rings is 1. The van der Waals surface area contributed by atoms with Gasteiger partial charge in [0, 0.05) is 11.8 Å². The van der Waals surface area contributed by atoms with Gasteiger partial charge in [-0.15, -0.1) is 0 Å². The van der Waals surface area contributed by atoms with Gasteiger partial charge >= 0.3 is 0 Å². The van der Waals surface area contributed by atoms with Gasteiger partial charge in [0.15, 0.2) is 5.82 Å². The first-order chi connectivity index (χ1) is 10.8. The maximum atomic E-state index is 12.3. The number of amides is 1. The summed E-state index contributed by atoms with van der Waals surface area (Å²) in [5.74, 6) is 0.317. The minimum Gasteiger partial charge on any atom is -0.305 e. The van der Waals surface area contributed by atoms with Gasteiger partial charge in [0.1, 0.15) is 5.65 Å². The summed E-state index contributed by atoms with van der Waals surface area (Å²) in [6, 6.07) is 11.2. The summed E-state index contributed by atoms with van der Waals surface area (Å²) in [6.07, 6.45) is 3.49. The largest absolute Gasteiger partial charge is 0.305 e. The third-order valence-electron chi connectivity index (χ3n) is 3.67. The lowest BCUT2D eigenvalue weighted by Crippen LogP contribution is -2.14. The first kappa shape index (κ1) is 15.6. The van der Waals surface area contributed by atoms with E-state index in [1.165, 1.54) is 5.56 Å². The molecule has 0 saturated carbocycles. The predicted molar refractivity (Wildman–Crippen MR) is 93.3 cm³/mol. The molecule has 0 aliphatic rings. The van der Waals surface area contributed by atoms with Crippen molar-refractivity contribution in [2.45, 2.75) is 26.2 Å². The molecule has 3 aromatic rings. The molecule has 0 aliphatic heterocycles. The lowest BCUT2D eigenvalue weighted by molar-refractivity contribution is 0.102. The number of hydrogen-bond acceptors (Lipinski definition) is 2. The van der Waals surface area contributed by atoms with E-state index in [9.17, 15) is 4.79 Å². The van der Waals surface area contributed by atoms with Crippen molar-refractivity contribution in [3.63, 3.8) is 0 Å². The van der Waals surface area contributed by atoms with Crippen LogP contribution < -0.4 is 5.32 Å². The van der Waals surface area contributed by atoms with E-state index in [2.05, 4.69) is 31.1 Å². The molecule has 2 aromatic heterocycles. The van der Waals surface area contributed by atoms with Gasteiger partial charge in [-0.2, -0.15) is 0 Å². The van der Waals surface area contributed by atoms with Gasteiger partial charge in [0.25, 0.3) is 5.91 Å². The molecular formula is C18H18ClN3O. The zero-order valence-corrected chi connectivity index (χ0v) is 14.1. The molecule has 0 aliphatic carbocycles. The molecule has 23 heavy (non-hydrogen) atoms. The van der Waals surface area contributed by atoms with Crippen LogP contribution in [-0.2, 0) is 5.41 Å². The maximum absolute atomic E-state index is 12.3. The molecular weight excluding hydrogens is 310 g/mol. The summed E-state index contributed by atoms with van der Waals surface area (Å²) in [6.45, 7) is 6.43. The van der Waals surface area contributed by atoms with Gasteiger partial charge < -0.3 is 9.72 Å². The molecule has 5 heteroatoms. The molecule has 0 radical (unpaired) electrons. The van der Waals surface area contributed by atoms with Crippen molar-refractivity contribution in [1.82, 2.24) is 9.38 Å². The highest BCUT2D eigenvalue weighted by atomic mass is 35.5. The summed E-state index contributed by atoms with van der Waals surface area (Å²) in [7, 11) is 0. The molecule has 0 fully saturated rings. The number of halogens is 1. The van der Waals surface area contributed by atoms with Crippen LogP contribution in [0.15, 0.2) is 48.8 Å². The fourth-order valence-corrected chi connectivity index (χ4v) is 2.50. The molecule has 4 nitrogen and oxygen atoms in total. The number of anilines is 1. The van der Waals surface area contributed by atoms with E-state index in [-0.39, 0.29) is 11.3 Å². The first-order valence-electron chi connectivity index (χ1n) is 7.39. The molecule has 3 rings (SSSR count). The van der Waals surface area contributed by atoms with Crippen molar-refractivity contribution in [3.05, 3.63) is 64.9 Å². The smallest absolute Gasteiger partial charge is 0.256 e. The number of fused-ring (bicyclic) bond motifs is 1. The zero-order valence-electron chi connectivity index (χ0n) is 13.3. The molecule has 0 bridgehead atoms. The van der Waals surface area contributed by atoms with Crippen LogP contribution in [0.1, 0.15) is 36.7 Å². The Hall–Kier alpha value is -2.33. The first-order valence-corrected chi connectivity index (χ1v) is 7.77. The van der Waals surface area contributed by atoms with Crippen LogP contribution in [0, 0.1) is 0 Å². The predicted octanol–water partition coefficient (Wildman–Crippen LogP) is 4.54. The molecule has 0 spiro atoms. The van der Waals surface area contributed by atoms with Crippen LogP contribution in [0.4, 0.5) is 5.82 Å². The van der Waals surface area contributed by atoms with Gasteiger partial charge in [-0.25, -0.2) is 4.98 Å². The van der Waals surface area contributed by atoms with E-state index >= 15 is 0 Å². The third-order valence-corrected chi connectivity index (χ3v) is 3.89. The van der Waals surface area contributed by atoms with Gasteiger partial charge in [-0.1, -0.05) is 44.5 Å². The number of imidazole rings is 1. The number of carbonyl (C=O) groups excluding carboxylic acids is 1. The van der Waals surface area contributed by atoms with E-state index in [4.69, 9.17) is 11.6 Å². The number of nitrogens with zero attached hydrogens (tertiary/aromatic N) is 2. The molecule has 0 unspecified atom stereocenters. The molecule has 0 atom stereocenters. The number of nitrogens with one attached hydrogen (secondary N) is 1. The highest BCUT2D eigenvalue weighted by molar-refractivity contribution is 6.30. The summed E-state index contributed by atoms with van der Waals surface area (Å²) >= 11 is 5.95. The van der Waals surface area contributed by atoms with Crippen molar-refractivity contribution >= 4 is 29.0 Å². The topological polar surface area (TPSA) is 46.4 Å². The Morgan fingerprint density at radius 1 is 1.09 bits per heavy atom. The lowest BCUT2D eigenvalue weighted by atomic mass is 9.87. The van der Waals surface area contributed by atoms with Crippen molar-refractivity contribution in [1.29, 1.82) is 0 Å². The van der Waals surface area contributed by atoms with Crippen LogP contribution in [-0.4, -0.2) is 15.3 Å². The van der Waals surface area contributed by atoms with Gasteiger partial charge in [0.2, 0.25) is 0 Å². The van der Waals surface area contributed by atoms with Gasteiger partial charge in [0.05, 0.1) is 11.2 Å². The number of carbonyl (C=O) groups is 1. The standard InChI is InChI=1S/C18H18ClN3O/c1-18(2,3)13-6-4-12(5-7-13)17(23)21-15-11-22-10-14(19)8-9-16(22)20-15/h4-11H,1-3H3,(H,21,23). The van der Waals surface area contributed by atoms with Gasteiger partial charge in [-0.3, -0.25) is 4.79 Å². The fourth-order valence-electron chi connectivity index (χ4n) is 2.33. The fraction of sp³-hybridized carbons (Fsp3) is 0.222. The van der Waals surface area contributed by atoms with Crippen LogP contribution >= 0.6 is 11.6 Å². The van der Waals surface area contributed by atoms with Crippen molar-refractivity contribution < 1.29 is 4.79 Å². The lowest BCUT2D eigenvalue weighted by Gasteiger charge is -2.18. The third kappa shape index (κ3) is 3.37. The van der Waals surface area contributed by atoms with Crippen LogP contribution in [0.25, 0.3) is 5.65 Å². The summed E-state index contributed by atoms with van der Waals surface area (Å²) < 4.78 is 1.78. The average molecular weight is 328 g/mol. The van der Waals surface area contributed by atoms with Crippen molar-refractivity contribution in [2.75, 3.05) is 5.32 Å². The van der Waals surface area contributed by atoms with E-state index in [1.807, 2.05) is 24.3 Å². The zero-order chi connectivity index (χ0) is 16.6. The number of benzene rings is 1. The Bertz CT molecular complexity index is 860. The normalized spacial score (nSPS) is 11.7. The second-order valence-electron chi connectivity index (χ2n) is 6.52. The molecule has 2 heterocycles. The second-order valence-corrected chi connectivity index (χ2v) is 6.96. The van der Waals surface area contributed by atoms with Crippen LogP contribution in [0.2, 0.25) is 5.02 Å². The summed E-state index contributed by atoms with van der Waals surface area (Å²) in [5.41, 5.74) is 2.59. The Morgan fingerprint density at radius 3 is 2.43 bits per heavy atom. The minimum atomic E-state index is -0.181. The Kier molecular flexibility index (Phi) is 3.86. The summed E-state index contributed by atoms with van der Waals surface area (Å²) in [5, 5.41) is 3.43. The van der Waals surface area contributed by atoms with E-state index in [0.717, 1.165) is 5.65 Å². The summed E-state index contributed by atoms with van der Waals surface area (Å²) in [4.78, 5) is 16.7. The monoisotopic (exact) mass is 327 g/mol. The highest BCUT2D eigenvalue weighted by Gasteiger charge is 2.15. The second kappa shape index (κ2) is 5.70. The maximum Gasteiger partial charge on any atom is 0.256 e. The van der Waals surface area contributed by atoms with Crippen molar-refractivity contribution in [2.24, 2.45) is 0 Å². The minimum absolute atomic E-state index is 0.0653. The van der Waals surface area contributed by atoms with E-state index in [1.54, 1.807) is 28.9 Å². The molecule has 118 valence electrons. The molecule has 1 N–H and O–H groups in total. The Morgan fingerprint density at radius 2 is 1.78 bits per heavy atom. The Balaban J connectivity index is 1.80. The van der Waals surface area contributed by atoms with Gasteiger partial charge in [-0.05, 0) is 35.2 Å². The van der Waals surface area contributed by atoms with Crippen LogP contribution in [0.5, 0.6) is 0 Å². The van der Waals surface area contributed by atoms with E-state index in [0.29, 0.717) is 16.4 Å². The Labute approximate surface area is 140 Å². The SMILES string of the molecule is CC(C)(C)c1ccc(C(=O)Nc2cn3cc(Cl)ccc3n2)cc1. The number of hydrogen-bond donors (Lipinski definition) is 1. The van der Waals surface area contributed by atoms with Crippen molar-refractivity contribution in [3.8, 4) is 0 Å². The highest BCUT2D eigenvalue weighted by Crippen LogP contribution is 2.22. The average Bonchev–Trinajstić information content (AvgIpc) is 2.87. The molecule has 1 amide bonds. The number of rotatable bonds is 2. The van der Waals surface area contributed by atoms with Crippen LogP contribution in [0.3, 0.4) is 0 Å². The molecule has 1 aromatic carbocycles. The quantitative estimate of drug-likeness (QED) is 0.751. The van der Waals surface area contributed by atoms with E-state index < -0.39 is 0 Å².